The zero-order chi connectivity index (χ0) is 22.8. The van der Waals surface area contributed by atoms with Gasteiger partial charge >= 0.3 is 33.2 Å². The Kier molecular flexibility index (Phi) is 12.1. The van der Waals surface area contributed by atoms with E-state index in [2.05, 4.69) is 20.7 Å². The topological polar surface area (TPSA) is 80.7 Å². The number of halogens is 7. The van der Waals surface area contributed by atoms with Crippen LogP contribution in [0.4, 0.5) is 26.3 Å². The van der Waals surface area contributed by atoms with E-state index in [0.29, 0.717) is 12.8 Å². The molecule has 0 bridgehead atoms. The molecule has 0 aliphatic rings. The van der Waals surface area contributed by atoms with Crippen LogP contribution in [0.15, 0.2) is 0 Å². The minimum atomic E-state index is -6.93. The molecular formula is C16H25BrF6O5S. The van der Waals surface area contributed by atoms with E-state index in [1.807, 2.05) is 0 Å². The number of hydrogen-bond acceptors (Lipinski definition) is 4. The molecule has 0 unspecified atom stereocenters. The van der Waals surface area contributed by atoms with Crippen molar-refractivity contribution in [3.63, 3.8) is 0 Å². The van der Waals surface area contributed by atoms with Gasteiger partial charge in [-0.05, 0) is 12.8 Å². The summed E-state index contributed by atoms with van der Waals surface area (Å²) in [5.74, 6) is -3.11. The van der Waals surface area contributed by atoms with Crippen LogP contribution in [-0.2, 0) is 19.6 Å². The zero-order valence-corrected chi connectivity index (χ0v) is 18.0. The third-order valence-corrected chi connectivity index (χ3v) is 6.20. The van der Waals surface area contributed by atoms with Crippen molar-refractivity contribution < 1.29 is 48.8 Å². The molecule has 0 heterocycles. The molecule has 1 N–H and O–H groups in total. The monoisotopic (exact) mass is 522 g/mol. The Morgan fingerprint density at radius 3 is 1.41 bits per heavy atom. The minimum Gasteiger partial charge on any atom is -0.464 e. The normalized spacial score (nSPS) is 13.5. The molecule has 174 valence electrons. The van der Waals surface area contributed by atoms with Crippen molar-refractivity contribution in [2.45, 2.75) is 81.3 Å². The van der Waals surface area contributed by atoms with E-state index < -0.39 is 39.8 Å². The van der Waals surface area contributed by atoms with Gasteiger partial charge in [0.2, 0.25) is 0 Å². The zero-order valence-electron chi connectivity index (χ0n) is 15.6. The molecular weight excluding hydrogens is 498 g/mol. The second kappa shape index (κ2) is 12.3. The number of rotatable bonds is 14. The molecule has 0 atom stereocenters. The molecule has 0 aliphatic carbocycles. The molecule has 0 aromatic carbocycles. The molecule has 0 saturated carbocycles. The summed E-state index contributed by atoms with van der Waals surface area (Å²) in [4.78, 5) is 11.5. The number of alkyl halides is 7. The Bertz CT molecular complexity index is 578. The van der Waals surface area contributed by atoms with Gasteiger partial charge in [0.25, 0.3) is 0 Å². The summed E-state index contributed by atoms with van der Waals surface area (Å²) in [5, 5.41) is 0.967. The van der Waals surface area contributed by atoms with Crippen LogP contribution in [-0.4, -0.2) is 48.0 Å². The summed E-state index contributed by atoms with van der Waals surface area (Å²) in [7, 11) is -6.93. The highest BCUT2D eigenvalue weighted by Crippen LogP contribution is 2.49. The van der Waals surface area contributed by atoms with Gasteiger partial charge in [0.05, 0.1) is 6.61 Å². The van der Waals surface area contributed by atoms with Gasteiger partial charge in [-0.1, -0.05) is 67.3 Å². The number of hydrogen-bond donors (Lipinski definition) is 1. The Morgan fingerprint density at radius 1 is 0.759 bits per heavy atom. The first-order valence-corrected chi connectivity index (χ1v) is 11.6. The molecule has 0 rings (SSSR count). The van der Waals surface area contributed by atoms with E-state index >= 15 is 0 Å². The summed E-state index contributed by atoms with van der Waals surface area (Å²) in [5.41, 5.74) is 0. The Balaban J connectivity index is 4.47. The Labute approximate surface area is 174 Å². The molecule has 0 amide bonds. The Hall–Kier alpha value is -0.560. The van der Waals surface area contributed by atoms with Gasteiger partial charge in [-0.25, -0.2) is 4.79 Å². The average Bonchev–Trinajstić information content (AvgIpc) is 2.52. The summed E-state index contributed by atoms with van der Waals surface area (Å²) < 4.78 is 106. The predicted molar refractivity (Wildman–Crippen MR) is 97.3 cm³/mol. The van der Waals surface area contributed by atoms with Crippen LogP contribution in [0.5, 0.6) is 0 Å². The lowest BCUT2D eigenvalue weighted by Crippen LogP contribution is -2.67. The lowest BCUT2D eigenvalue weighted by atomic mass is 10.1. The smallest absolute Gasteiger partial charge is 0.430 e. The second-order valence-electron chi connectivity index (χ2n) is 6.51. The predicted octanol–water partition coefficient (Wildman–Crippen LogP) is 5.58. The third kappa shape index (κ3) is 8.23. The number of esters is 1. The maximum absolute atomic E-state index is 12.9. The van der Waals surface area contributed by atoms with Gasteiger partial charge in [-0.15, -0.1) is 0 Å². The van der Waals surface area contributed by atoms with Crippen molar-refractivity contribution in [2.75, 3.05) is 11.9 Å². The fraction of sp³-hybridized carbons (Fsp3) is 0.938. The number of carbonyl (C=O) groups excluding carboxylic acids is 1. The summed E-state index contributed by atoms with van der Waals surface area (Å²) in [6.45, 7) is -0.825. The van der Waals surface area contributed by atoms with E-state index in [9.17, 15) is 39.6 Å². The van der Waals surface area contributed by atoms with E-state index in [0.717, 1.165) is 50.3 Å². The van der Waals surface area contributed by atoms with Gasteiger partial charge in [-0.3, -0.25) is 4.55 Å². The van der Waals surface area contributed by atoms with Crippen molar-refractivity contribution in [2.24, 2.45) is 0 Å². The average molecular weight is 523 g/mol. The maximum Gasteiger partial charge on any atom is 0.430 e. The molecule has 0 radical (unpaired) electrons. The van der Waals surface area contributed by atoms with Gasteiger partial charge < -0.3 is 4.74 Å². The van der Waals surface area contributed by atoms with Crippen molar-refractivity contribution in [1.82, 2.24) is 0 Å². The molecule has 5 nitrogen and oxygen atoms in total. The highest BCUT2D eigenvalue weighted by molar-refractivity contribution is 9.09. The first-order chi connectivity index (χ1) is 13.2. The van der Waals surface area contributed by atoms with E-state index in [-0.39, 0.29) is 6.42 Å². The first-order valence-electron chi connectivity index (χ1n) is 9.07. The molecule has 13 heteroatoms. The molecule has 0 aromatic rings. The first kappa shape index (κ1) is 28.4. The molecule has 0 aromatic heterocycles. The quantitative estimate of drug-likeness (QED) is 0.106. The van der Waals surface area contributed by atoms with Crippen LogP contribution in [0.2, 0.25) is 0 Å². The van der Waals surface area contributed by atoms with Gasteiger partial charge in [-0.2, -0.15) is 34.8 Å². The van der Waals surface area contributed by atoms with Crippen LogP contribution >= 0.6 is 15.9 Å². The highest BCUT2D eigenvalue weighted by Gasteiger charge is 2.84. The van der Waals surface area contributed by atoms with Gasteiger partial charge in [0.15, 0.2) is 0 Å². The Morgan fingerprint density at radius 2 is 1.10 bits per heavy atom. The standard InChI is InChI=1S/C16H25BrF6O5S/c17-11-9-7-5-3-1-2-4-6-8-10-12-28-13(24)14(15(18,19)20,16(21,22)23)29(25,26)27/h1-12H2,(H,25,26,27). The molecule has 0 spiro atoms. The van der Waals surface area contributed by atoms with Crippen LogP contribution in [0.3, 0.4) is 0 Å². The van der Waals surface area contributed by atoms with Crippen molar-refractivity contribution >= 4 is 32.0 Å². The SMILES string of the molecule is O=C(OCCCCCCCCCCCCBr)C(C(F)(F)F)(C(F)(F)F)S(=O)(=O)O. The lowest BCUT2D eigenvalue weighted by Gasteiger charge is -2.31. The van der Waals surface area contributed by atoms with Crippen LogP contribution in [0.1, 0.15) is 64.2 Å². The van der Waals surface area contributed by atoms with Crippen LogP contribution < -0.4 is 0 Å². The largest absolute Gasteiger partial charge is 0.464 e. The number of ether oxygens (including phenoxy) is 1. The molecule has 29 heavy (non-hydrogen) atoms. The second-order valence-corrected chi connectivity index (χ2v) is 8.87. The summed E-state index contributed by atoms with van der Waals surface area (Å²) in [6.07, 6.45) is -5.10. The molecule has 0 fully saturated rings. The number of carbonyl (C=O) groups is 1. The lowest BCUT2D eigenvalue weighted by molar-refractivity contribution is -0.268. The van der Waals surface area contributed by atoms with Crippen molar-refractivity contribution in [1.29, 1.82) is 0 Å². The van der Waals surface area contributed by atoms with Crippen molar-refractivity contribution in [3.05, 3.63) is 0 Å². The fourth-order valence-corrected chi connectivity index (χ4v) is 3.92. The summed E-state index contributed by atoms with van der Waals surface area (Å²) >= 11 is 3.34. The minimum absolute atomic E-state index is 0.0335. The van der Waals surface area contributed by atoms with E-state index in [1.165, 1.54) is 0 Å². The van der Waals surface area contributed by atoms with Crippen LogP contribution in [0.25, 0.3) is 0 Å². The number of unbranched alkanes of at least 4 members (excludes halogenated alkanes) is 9. The van der Waals surface area contributed by atoms with E-state index in [4.69, 9.17) is 4.55 Å². The van der Waals surface area contributed by atoms with Crippen LogP contribution in [0, 0.1) is 0 Å². The highest BCUT2D eigenvalue weighted by atomic mass is 79.9. The fourth-order valence-electron chi connectivity index (χ4n) is 2.67. The molecule has 0 saturated heterocycles. The molecule has 0 aliphatic heterocycles. The third-order valence-electron chi connectivity index (χ3n) is 4.23. The van der Waals surface area contributed by atoms with Gasteiger partial charge in [0.1, 0.15) is 0 Å². The van der Waals surface area contributed by atoms with Crippen molar-refractivity contribution in [3.8, 4) is 0 Å². The van der Waals surface area contributed by atoms with E-state index in [1.54, 1.807) is 0 Å². The summed E-state index contributed by atoms with van der Waals surface area (Å²) in [6, 6.07) is 0. The maximum atomic E-state index is 12.9. The van der Waals surface area contributed by atoms with Gasteiger partial charge in [0, 0.05) is 5.33 Å².